The first-order valence-electron chi connectivity index (χ1n) is 15.5. The van der Waals surface area contributed by atoms with Crippen LogP contribution < -0.4 is 10.5 Å². The fraction of sp³-hybridized carbons (Fsp3) is 0.500. The Labute approximate surface area is 267 Å². The number of hydrogen-bond acceptors (Lipinski definition) is 3. The summed E-state index contributed by atoms with van der Waals surface area (Å²) in [6.45, 7) is 12.2. The van der Waals surface area contributed by atoms with Crippen LogP contribution in [-0.4, -0.2) is 36.4 Å². The molecule has 1 unspecified atom stereocenters. The third-order valence-electron chi connectivity index (χ3n) is 7.11. The minimum atomic E-state index is -3.02. The first kappa shape index (κ1) is 39.4. The van der Waals surface area contributed by atoms with Gasteiger partial charge in [0, 0.05) is 37.0 Å². The van der Waals surface area contributed by atoms with Crippen LogP contribution in [0.3, 0.4) is 0 Å². The SMILES string of the molecule is C=C/C(=C(Cl)\C=C/CCN(CCCCC(CN)CCC)Cc1ccc(Oc2ccccc2)cc1)C(C)(F)F.CCC(C)(F)F. The summed E-state index contributed by atoms with van der Waals surface area (Å²) < 4.78 is 56.2. The van der Waals surface area contributed by atoms with E-state index in [1.165, 1.54) is 25.3 Å². The van der Waals surface area contributed by atoms with E-state index >= 15 is 0 Å². The zero-order valence-electron chi connectivity index (χ0n) is 26.8. The predicted octanol–water partition coefficient (Wildman–Crippen LogP) is 11.2. The largest absolute Gasteiger partial charge is 0.457 e. The molecule has 2 aromatic carbocycles. The average molecular weight is 639 g/mol. The molecule has 0 radical (unpaired) electrons. The van der Waals surface area contributed by atoms with Crippen molar-refractivity contribution >= 4 is 11.6 Å². The normalized spacial score (nSPS) is 13.3. The third kappa shape index (κ3) is 17.6. The number of halogens is 5. The van der Waals surface area contributed by atoms with Gasteiger partial charge in [0.1, 0.15) is 11.5 Å². The van der Waals surface area contributed by atoms with Gasteiger partial charge in [0.05, 0.1) is 0 Å². The van der Waals surface area contributed by atoms with Crippen molar-refractivity contribution in [3.8, 4) is 11.5 Å². The van der Waals surface area contributed by atoms with Gasteiger partial charge in [-0.1, -0.05) is 87.4 Å². The fourth-order valence-electron chi connectivity index (χ4n) is 4.39. The Morgan fingerprint density at radius 3 is 2.09 bits per heavy atom. The number of rotatable bonds is 19. The number of benzene rings is 2. The summed E-state index contributed by atoms with van der Waals surface area (Å²) in [6, 6.07) is 17.9. The van der Waals surface area contributed by atoms with E-state index in [0.29, 0.717) is 12.3 Å². The smallest absolute Gasteiger partial charge is 0.271 e. The number of alkyl halides is 4. The molecule has 0 aliphatic rings. The summed E-state index contributed by atoms with van der Waals surface area (Å²) in [6.07, 6.45) is 10.9. The van der Waals surface area contributed by atoms with Crippen LogP contribution in [0.1, 0.15) is 78.2 Å². The van der Waals surface area contributed by atoms with Crippen molar-refractivity contribution in [1.82, 2.24) is 4.90 Å². The first-order valence-corrected chi connectivity index (χ1v) is 15.9. The Hall–Kier alpha value is -2.61. The minimum absolute atomic E-state index is 0.0248. The Morgan fingerprint density at radius 1 is 0.955 bits per heavy atom. The highest BCUT2D eigenvalue weighted by atomic mass is 35.5. The number of para-hydroxylation sites is 1. The van der Waals surface area contributed by atoms with Gasteiger partial charge in [-0.25, -0.2) is 17.6 Å². The minimum Gasteiger partial charge on any atom is -0.457 e. The van der Waals surface area contributed by atoms with E-state index in [4.69, 9.17) is 22.1 Å². The molecule has 2 N–H and O–H groups in total. The summed E-state index contributed by atoms with van der Waals surface area (Å²) in [4.78, 5) is 2.40. The quantitative estimate of drug-likeness (QED) is 0.0945. The molecule has 0 saturated carbocycles. The summed E-state index contributed by atoms with van der Waals surface area (Å²) >= 11 is 6.13. The van der Waals surface area contributed by atoms with E-state index in [1.54, 1.807) is 6.08 Å². The number of allylic oxidation sites excluding steroid dienone is 4. The fourth-order valence-corrected chi connectivity index (χ4v) is 4.72. The molecule has 0 saturated heterocycles. The Bertz CT molecular complexity index is 1110. The molecule has 0 aromatic heterocycles. The number of nitrogens with zero attached hydrogens (tertiary/aromatic N) is 1. The van der Waals surface area contributed by atoms with Gasteiger partial charge in [0.25, 0.3) is 5.92 Å². The van der Waals surface area contributed by atoms with Gasteiger partial charge in [-0.15, -0.1) is 0 Å². The monoisotopic (exact) mass is 638 g/mol. The second-order valence-corrected chi connectivity index (χ2v) is 11.6. The molecule has 1 atom stereocenters. The molecule has 0 amide bonds. The van der Waals surface area contributed by atoms with Gasteiger partial charge in [0.2, 0.25) is 5.92 Å². The van der Waals surface area contributed by atoms with Crippen molar-refractivity contribution in [1.29, 1.82) is 0 Å². The highest BCUT2D eigenvalue weighted by molar-refractivity contribution is 6.31. The van der Waals surface area contributed by atoms with Crippen LogP contribution in [-0.2, 0) is 6.54 Å². The van der Waals surface area contributed by atoms with E-state index < -0.39 is 11.8 Å². The third-order valence-corrected chi connectivity index (χ3v) is 7.44. The van der Waals surface area contributed by atoms with Crippen LogP contribution in [0.15, 0.2) is 90.0 Å². The summed E-state index contributed by atoms with van der Waals surface area (Å²) in [5.41, 5.74) is 6.87. The number of unbranched alkanes of at least 4 members (excludes halogenated alkanes) is 1. The van der Waals surface area contributed by atoms with Crippen LogP contribution in [0, 0.1) is 5.92 Å². The molecule has 2 rings (SSSR count). The van der Waals surface area contributed by atoms with E-state index in [9.17, 15) is 17.6 Å². The molecule has 0 heterocycles. The van der Waals surface area contributed by atoms with Crippen molar-refractivity contribution < 1.29 is 22.3 Å². The van der Waals surface area contributed by atoms with Gasteiger partial charge >= 0.3 is 0 Å². The maximum atomic E-state index is 13.7. The van der Waals surface area contributed by atoms with E-state index in [-0.39, 0.29) is 17.0 Å². The molecule has 44 heavy (non-hydrogen) atoms. The van der Waals surface area contributed by atoms with Crippen molar-refractivity contribution in [2.24, 2.45) is 11.7 Å². The maximum absolute atomic E-state index is 13.7. The standard InChI is InChI=1S/C32H43ClF2N2O.C4H8F2/c1-4-13-26(24-36)14-9-11-22-37(23-12-10-17-31(33)30(5-2)32(3,34)35)25-27-18-20-29(21-19-27)38-28-15-7-6-8-16-28;1-3-4(2,5)6/h5-8,10,15-21,26H,2,4,9,11-14,22-25,36H2,1,3H3;3H2,1-2H3/b17-10-,31-30-;. The zero-order valence-corrected chi connectivity index (χ0v) is 27.6. The van der Waals surface area contributed by atoms with Crippen LogP contribution in [0.25, 0.3) is 0 Å². The lowest BCUT2D eigenvalue weighted by Gasteiger charge is -2.23. The molecule has 0 spiro atoms. The Kier molecular flexibility index (Phi) is 19.0. The molecular formula is C36H51ClF4N2O. The summed E-state index contributed by atoms with van der Waals surface area (Å²) in [5, 5.41) is 0.0248. The molecule has 0 bridgehead atoms. The highest BCUT2D eigenvalue weighted by Crippen LogP contribution is 2.29. The van der Waals surface area contributed by atoms with E-state index in [0.717, 1.165) is 76.9 Å². The lowest BCUT2D eigenvalue weighted by Crippen LogP contribution is -2.25. The highest BCUT2D eigenvalue weighted by Gasteiger charge is 2.27. The molecule has 0 aliphatic carbocycles. The summed E-state index contributed by atoms with van der Waals surface area (Å²) in [5.74, 6) is -3.28. The van der Waals surface area contributed by atoms with Crippen LogP contribution in [0.5, 0.6) is 11.5 Å². The Morgan fingerprint density at radius 2 is 1.57 bits per heavy atom. The molecule has 8 heteroatoms. The van der Waals surface area contributed by atoms with Crippen LogP contribution >= 0.6 is 11.6 Å². The maximum Gasteiger partial charge on any atom is 0.271 e. The number of hydrogen-bond donors (Lipinski definition) is 1. The molecule has 246 valence electrons. The molecular weight excluding hydrogens is 588 g/mol. The molecule has 0 aliphatic heterocycles. The zero-order chi connectivity index (χ0) is 33.0. The van der Waals surface area contributed by atoms with Crippen molar-refractivity contribution in [2.45, 2.75) is 91.0 Å². The average Bonchev–Trinajstić information content (AvgIpc) is 2.97. The molecule has 3 nitrogen and oxygen atoms in total. The van der Waals surface area contributed by atoms with Gasteiger partial charge < -0.3 is 10.5 Å². The van der Waals surface area contributed by atoms with Crippen LogP contribution in [0.4, 0.5) is 17.6 Å². The van der Waals surface area contributed by atoms with Gasteiger partial charge in [-0.2, -0.15) is 0 Å². The van der Waals surface area contributed by atoms with Gasteiger partial charge in [-0.05, 0) is 87.5 Å². The van der Waals surface area contributed by atoms with Crippen molar-refractivity contribution in [3.05, 3.63) is 95.6 Å². The van der Waals surface area contributed by atoms with Crippen LogP contribution in [0.2, 0.25) is 0 Å². The van der Waals surface area contributed by atoms with E-state index in [2.05, 4.69) is 30.5 Å². The summed E-state index contributed by atoms with van der Waals surface area (Å²) in [7, 11) is 0. The second-order valence-electron chi connectivity index (χ2n) is 11.2. The topological polar surface area (TPSA) is 38.5 Å². The van der Waals surface area contributed by atoms with Crippen molar-refractivity contribution in [3.63, 3.8) is 0 Å². The lowest BCUT2D eigenvalue weighted by molar-refractivity contribution is 0.0181. The predicted molar refractivity (Wildman–Crippen MR) is 178 cm³/mol. The van der Waals surface area contributed by atoms with E-state index in [1.807, 2.05) is 48.5 Å². The van der Waals surface area contributed by atoms with Gasteiger partial charge in [-0.3, -0.25) is 4.90 Å². The first-order chi connectivity index (χ1) is 20.8. The number of nitrogens with two attached hydrogens (primary N) is 1. The van der Waals surface area contributed by atoms with Crippen molar-refractivity contribution in [2.75, 3.05) is 19.6 Å². The molecule has 0 fully saturated rings. The number of ether oxygens (including phenoxy) is 1. The second kappa shape index (κ2) is 21.2. The Balaban J connectivity index is 0.00000146. The van der Waals surface area contributed by atoms with Gasteiger partial charge in [0.15, 0.2) is 0 Å². The lowest BCUT2D eigenvalue weighted by atomic mass is 9.97. The molecule has 2 aromatic rings.